The molecule has 1 aromatic heterocycles. The molecule has 1 aliphatic heterocycles. The van der Waals surface area contributed by atoms with Crippen LogP contribution in [0, 0.1) is 5.82 Å². The molecule has 1 N–H and O–H groups in total. The summed E-state index contributed by atoms with van der Waals surface area (Å²) in [5.41, 5.74) is 0. The van der Waals surface area contributed by atoms with Gasteiger partial charge in [0.25, 0.3) is 11.9 Å². The van der Waals surface area contributed by atoms with Gasteiger partial charge in [-0.1, -0.05) is 6.07 Å². The maximum absolute atomic E-state index is 13.1. The molecule has 134 valence electrons. The molecule has 25 heavy (non-hydrogen) atoms. The van der Waals surface area contributed by atoms with Gasteiger partial charge in [-0.15, -0.1) is 0 Å². The van der Waals surface area contributed by atoms with Crippen LogP contribution < -0.4 is 10.1 Å². The highest BCUT2D eigenvalue weighted by Gasteiger charge is 2.13. The number of nitrogens with one attached hydrogen (secondary N) is 1. The van der Waals surface area contributed by atoms with Crippen LogP contribution in [-0.4, -0.2) is 50.2 Å². The summed E-state index contributed by atoms with van der Waals surface area (Å²) in [6.07, 6.45) is 0.860. The molecule has 1 amide bonds. The van der Waals surface area contributed by atoms with Gasteiger partial charge in [-0.25, -0.2) is 4.39 Å². The molecule has 1 saturated heterocycles. The lowest BCUT2D eigenvalue weighted by Gasteiger charge is -2.26. The van der Waals surface area contributed by atoms with E-state index in [4.69, 9.17) is 13.9 Å². The smallest absolute Gasteiger partial charge is 0.290 e. The second kappa shape index (κ2) is 8.64. The first-order valence-electron chi connectivity index (χ1n) is 8.32. The van der Waals surface area contributed by atoms with E-state index in [1.165, 1.54) is 30.3 Å². The van der Waals surface area contributed by atoms with Crippen LogP contribution in [0.5, 0.6) is 11.7 Å². The van der Waals surface area contributed by atoms with Crippen LogP contribution in [0.3, 0.4) is 0 Å². The highest BCUT2D eigenvalue weighted by atomic mass is 19.1. The first-order valence-corrected chi connectivity index (χ1v) is 8.32. The van der Waals surface area contributed by atoms with E-state index in [1.54, 1.807) is 6.07 Å². The third kappa shape index (κ3) is 5.30. The minimum atomic E-state index is -0.401. The van der Waals surface area contributed by atoms with Crippen LogP contribution in [0.2, 0.25) is 0 Å². The minimum Gasteiger partial charge on any atom is -0.426 e. The Balaban J connectivity index is 1.42. The van der Waals surface area contributed by atoms with Crippen molar-refractivity contribution in [3.8, 4) is 11.7 Å². The molecule has 0 aliphatic carbocycles. The fourth-order valence-electron chi connectivity index (χ4n) is 2.56. The van der Waals surface area contributed by atoms with Gasteiger partial charge in [-0.05, 0) is 31.2 Å². The van der Waals surface area contributed by atoms with E-state index < -0.39 is 5.82 Å². The Hall–Kier alpha value is -2.38. The standard InChI is InChI=1S/C18H21FN2O4/c19-14-3-1-4-15(13-14)24-17-6-5-16(25-17)18(22)20-7-2-8-21-9-11-23-12-10-21/h1,3-6,13H,2,7-12H2,(H,20,22). The van der Waals surface area contributed by atoms with E-state index in [2.05, 4.69) is 10.2 Å². The zero-order chi connectivity index (χ0) is 17.5. The van der Waals surface area contributed by atoms with E-state index >= 15 is 0 Å². The van der Waals surface area contributed by atoms with Gasteiger partial charge < -0.3 is 19.2 Å². The average molecular weight is 348 g/mol. The normalized spacial score (nSPS) is 15.1. The van der Waals surface area contributed by atoms with Crippen molar-refractivity contribution >= 4 is 5.91 Å². The summed E-state index contributed by atoms with van der Waals surface area (Å²) in [6, 6.07) is 8.78. The number of hydrogen-bond donors (Lipinski definition) is 1. The van der Waals surface area contributed by atoms with E-state index in [9.17, 15) is 9.18 Å². The van der Waals surface area contributed by atoms with Gasteiger partial charge in [0.2, 0.25) is 0 Å². The lowest BCUT2D eigenvalue weighted by atomic mass is 10.3. The molecule has 1 aliphatic rings. The topological polar surface area (TPSA) is 63.9 Å². The second-order valence-electron chi connectivity index (χ2n) is 5.74. The highest BCUT2D eigenvalue weighted by Crippen LogP contribution is 2.24. The van der Waals surface area contributed by atoms with Crippen LogP contribution in [0.4, 0.5) is 4.39 Å². The number of ether oxygens (including phenoxy) is 2. The van der Waals surface area contributed by atoms with Crippen molar-refractivity contribution in [2.45, 2.75) is 6.42 Å². The van der Waals surface area contributed by atoms with Crippen LogP contribution in [-0.2, 0) is 4.74 Å². The summed E-state index contributed by atoms with van der Waals surface area (Å²) in [6.45, 7) is 4.91. The van der Waals surface area contributed by atoms with Gasteiger partial charge in [-0.3, -0.25) is 9.69 Å². The van der Waals surface area contributed by atoms with Crippen molar-refractivity contribution in [2.24, 2.45) is 0 Å². The molecule has 1 aromatic carbocycles. The van der Waals surface area contributed by atoms with Crippen molar-refractivity contribution in [1.29, 1.82) is 0 Å². The van der Waals surface area contributed by atoms with E-state index in [1.807, 2.05) is 0 Å². The minimum absolute atomic E-state index is 0.143. The summed E-state index contributed by atoms with van der Waals surface area (Å²) in [4.78, 5) is 14.4. The van der Waals surface area contributed by atoms with E-state index in [0.717, 1.165) is 39.3 Å². The third-order valence-corrected chi connectivity index (χ3v) is 3.86. The Morgan fingerprint density at radius 3 is 2.88 bits per heavy atom. The van der Waals surface area contributed by atoms with Crippen molar-refractivity contribution in [2.75, 3.05) is 39.4 Å². The molecule has 2 heterocycles. The van der Waals surface area contributed by atoms with Gasteiger partial charge >= 0.3 is 0 Å². The number of carbonyl (C=O) groups excluding carboxylic acids is 1. The van der Waals surface area contributed by atoms with Gasteiger partial charge in [0.1, 0.15) is 11.6 Å². The lowest BCUT2D eigenvalue weighted by molar-refractivity contribution is 0.0374. The van der Waals surface area contributed by atoms with Gasteiger partial charge in [0.05, 0.1) is 13.2 Å². The summed E-state index contributed by atoms with van der Waals surface area (Å²) < 4.78 is 29.2. The first kappa shape index (κ1) is 17.4. The van der Waals surface area contributed by atoms with Crippen molar-refractivity contribution in [3.63, 3.8) is 0 Å². The molecule has 2 aromatic rings. The number of furan rings is 1. The SMILES string of the molecule is O=C(NCCCN1CCOCC1)c1ccc(Oc2cccc(F)c2)o1. The Kier molecular flexibility index (Phi) is 6.03. The van der Waals surface area contributed by atoms with Crippen LogP contribution in [0.1, 0.15) is 17.0 Å². The molecule has 0 saturated carbocycles. The molecular formula is C18H21FN2O4. The molecular weight excluding hydrogens is 327 g/mol. The fraction of sp³-hybridized carbons (Fsp3) is 0.389. The molecule has 0 atom stereocenters. The molecule has 7 heteroatoms. The predicted molar refractivity (Wildman–Crippen MR) is 89.4 cm³/mol. The average Bonchev–Trinajstić information content (AvgIpc) is 3.08. The molecule has 0 radical (unpaired) electrons. The van der Waals surface area contributed by atoms with Gasteiger partial charge in [0, 0.05) is 31.8 Å². The van der Waals surface area contributed by atoms with Crippen molar-refractivity contribution in [1.82, 2.24) is 10.2 Å². The Morgan fingerprint density at radius 1 is 1.24 bits per heavy atom. The maximum Gasteiger partial charge on any atom is 0.290 e. The molecule has 0 spiro atoms. The second-order valence-corrected chi connectivity index (χ2v) is 5.74. The van der Waals surface area contributed by atoms with Crippen molar-refractivity contribution < 1.29 is 23.1 Å². The molecule has 0 bridgehead atoms. The Bertz CT molecular complexity index is 698. The fourth-order valence-corrected chi connectivity index (χ4v) is 2.56. The Morgan fingerprint density at radius 2 is 2.08 bits per heavy atom. The zero-order valence-electron chi connectivity index (χ0n) is 13.9. The number of nitrogens with zero attached hydrogens (tertiary/aromatic N) is 1. The number of amides is 1. The van der Waals surface area contributed by atoms with Crippen molar-refractivity contribution in [3.05, 3.63) is 48.0 Å². The predicted octanol–water partition coefficient (Wildman–Crippen LogP) is 2.66. The summed E-state index contributed by atoms with van der Waals surface area (Å²) in [7, 11) is 0. The highest BCUT2D eigenvalue weighted by molar-refractivity contribution is 5.91. The monoisotopic (exact) mass is 348 g/mol. The summed E-state index contributed by atoms with van der Waals surface area (Å²) in [5, 5.41) is 2.82. The largest absolute Gasteiger partial charge is 0.426 e. The van der Waals surface area contributed by atoms with E-state index in [-0.39, 0.29) is 17.6 Å². The molecule has 0 unspecified atom stereocenters. The molecule has 1 fully saturated rings. The number of carbonyl (C=O) groups is 1. The molecule has 3 rings (SSSR count). The number of rotatable bonds is 7. The number of benzene rings is 1. The van der Waals surface area contributed by atoms with Crippen LogP contribution >= 0.6 is 0 Å². The number of halogens is 1. The van der Waals surface area contributed by atoms with Gasteiger partial charge in [-0.2, -0.15) is 0 Å². The van der Waals surface area contributed by atoms with E-state index in [0.29, 0.717) is 12.3 Å². The lowest BCUT2D eigenvalue weighted by Crippen LogP contribution is -2.38. The quantitative estimate of drug-likeness (QED) is 0.780. The Labute approximate surface area is 145 Å². The van der Waals surface area contributed by atoms with Gasteiger partial charge in [0.15, 0.2) is 5.76 Å². The maximum atomic E-state index is 13.1. The van der Waals surface area contributed by atoms with Crippen LogP contribution in [0.15, 0.2) is 40.8 Å². The van der Waals surface area contributed by atoms with Crippen LogP contribution in [0.25, 0.3) is 0 Å². The summed E-state index contributed by atoms with van der Waals surface area (Å²) in [5.74, 6) is -0.0768. The summed E-state index contributed by atoms with van der Waals surface area (Å²) >= 11 is 0. The third-order valence-electron chi connectivity index (χ3n) is 3.86. The first-order chi connectivity index (χ1) is 12.2. The zero-order valence-corrected chi connectivity index (χ0v) is 13.9. The molecule has 6 nitrogen and oxygen atoms in total. The number of hydrogen-bond acceptors (Lipinski definition) is 5. The number of morpholine rings is 1.